The van der Waals surface area contributed by atoms with Crippen molar-refractivity contribution in [3.63, 3.8) is 0 Å². The predicted molar refractivity (Wildman–Crippen MR) is 71.9 cm³/mol. The highest BCUT2D eigenvalue weighted by molar-refractivity contribution is 6.31. The number of aliphatic hydroxyl groups excluding tert-OH is 1. The van der Waals surface area contributed by atoms with Gasteiger partial charge in [0.25, 0.3) is 5.91 Å². The lowest BCUT2D eigenvalue weighted by atomic mass is 10.1. The molecule has 3 nitrogen and oxygen atoms in total. The number of nitrogens with one attached hydrogen (secondary N) is 1. The average molecular weight is 268 g/mol. The van der Waals surface area contributed by atoms with Gasteiger partial charge in [-0.1, -0.05) is 18.0 Å². The first-order valence-corrected chi connectivity index (χ1v) is 6.67. The van der Waals surface area contributed by atoms with Gasteiger partial charge in [-0.2, -0.15) is 0 Å². The van der Waals surface area contributed by atoms with Gasteiger partial charge in [-0.15, -0.1) is 0 Å². The van der Waals surface area contributed by atoms with Crippen molar-refractivity contribution in [3.8, 4) is 0 Å². The van der Waals surface area contributed by atoms with Crippen LogP contribution in [-0.4, -0.2) is 23.7 Å². The Bertz CT molecular complexity index is 427. The Kier molecular flexibility index (Phi) is 4.25. The molecule has 1 aromatic carbocycles. The van der Waals surface area contributed by atoms with Crippen LogP contribution in [0.2, 0.25) is 5.02 Å². The van der Waals surface area contributed by atoms with E-state index in [-0.39, 0.29) is 17.9 Å². The number of carbonyl (C=O) groups excluding carboxylic acids is 1. The highest BCUT2D eigenvalue weighted by Gasteiger charge is 2.25. The number of halogens is 1. The molecule has 0 heterocycles. The first-order valence-electron chi connectivity index (χ1n) is 6.29. The van der Waals surface area contributed by atoms with E-state index in [2.05, 4.69) is 5.32 Å². The van der Waals surface area contributed by atoms with Gasteiger partial charge in [0.15, 0.2) is 0 Å². The highest BCUT2D eigenvalue weighted by Crippen LogP contribution is 2.24. The molecule has 0 spiro atoms. The fourth-order valence-corrected chi connectivity index (χ4v) is 2.74. The van der Waals surface area contributed by atoms with Crippen molar-refractivity contribution in [2.75, 3.05) is 6.54 Å². The Morgan fingerprint density at radius 3 is 2.83 bits per heavy atom. The fraction of sp³-hybridized carbons (Fsp3) is 0.500. The smallest absolute Gasteiger partial charge is 0.251 e. The minimum atomic E-state index is -0.272. The van der Waals surface area contributed by atoms with Crippen LogP contribution >= 0.6 is 11.6 Å². The molecule has 2 unspecified atom stereocenters. The number of aliphatic hydroxyl groups is 1. The molecule has 4 heteroatoms. The van der Waals surface area contributed by atoms with E-state index in [0.717, 1.165) is 24.8 Å². The van der Waals surface area contributed by atoms with E-state index in [0.29, 0.717) is 17.1 Å². The summed E-state index contributed by atoms with van der Waals surface area (Å²) in [5.74, 6) is 0.0638. The van der Waals surface area contributed by atoms with Crippen molar-refractivity contribution in [1.29, 1.82) is 0 Å². The molecule has 1 saturated carbocycles. The standard InChI is InChI=1S/C14H18ClNO2/c1-9-5-11(7-12(15)6-9)14(18)16-8-10-3-2-4-13(10)17/h5-7,10,13,17H,2-4,8H2,1H3,(H,16,18). The highest BCUT2D eigenvalue weighted by atomic mass is 35.5. The van der Waals surface area contributed by atoms with Crippen LogP contribution in [0.5, 0.6) is 0 Å². The van der Waals surface area contributed by atoms with E-state index in [1.54, 1.807) is 6.07 Å². The van der Waals surface area contributed by atoms with Gasteiger partial charge in [0.05, 0.1) is 6.10 Å². The van der Waals surface area contributed by atoms with Crippen LogP contribution in [0, 0.1) is 12.8 Å². The van der Waals surface area contributed by atoms with Gasteiger partial charge >= 0.3 is 0 Å². The van der Waals surface area contributed by atoms with E-state index in [9.17, 15) is 9.90 Å². The zero-order chi connectivity index (χ0) is 13.1. The number of hydrogen-bond donors (Lipinski definition) is 2. The maximum atomic E-state index is 12.0. The van der Waals surface area contributed by atoms with E-state index in [1.165, 1.54) is 0 Å². The van der Waals surface area contributed by atoms with Crippen LogP contribution in [-0.2, 0) is 0 Å². The minimum absolute atomic E-state index is 0.125. The Morgan fingerprint density at radius 1 is 1.44 bits per heavy atom. The maximum Gasteiger partial charge on any atom is 0.251 e. The van der Waals surface area contributed by atoms with Gasteiger partial charge in [-0.3, -0.25) is 4.79 Å². The Morgan fingerprint density at radius 2 is 2.22 bits per heavy atom. The van der Waals surface area contributed by atoms with Crippen molar-refractivity contribution < 1.29 is 9.90 Å². The summed E-state index contributed by atoms with van der Waals surface area (Å²) in [4.78, 5) is 12.0. The normalized spacial score (nSPS) is 23.1. The summed E-state index contributed by atoms with van der Waals surface area (Å²) in [7, 11) is 0. The van der Waals surface area contributed by atoms with Gasteiger partial charge in [0.2, 0.25) is 0 Å². The molecule has 2 atom stereocenters. The van der Waals surface area contributed by atoms with Crippen LogP contribution in [0.25, 0.3) is 0 Å². The van der Waals surface area contributed by atoms with E-state index >= 15 is 0 Å². The Balaban J connectivity index is 1.95. The van der Waals surface area contributed by atoms with Crippen LogP contribution in [0.4, 0.5) is 0 Å². The summed E-state index contributed by atoms with van der Waals surface area (Å²) < 4.78 is 0. The molecule has 1 aliphatic carbocycles. The number of rotatable bonds is 3. The first kappa shape index (κ1) is 13.4. The molecule has 2 N–H and O–H groups in total. The summed E-state index contributed by atoms with van der Waals surface area (Å²) in [5.41, 5.74) is 1.54. The summed E-state index contributed by atoms with van der Waals surface area (Å²) in [6, 6.07) is 5.29. The van der Waals surface area contributed by atoms with E-state index < -0.39 is 0 Å². The fourth-order valence-electron chi connectivity index (χ4n) is 2.45. The molecular weight excluding hydrogens is 250 g/mol. The van der Waals surface area contributed by atoms with Crippen molar-refractivity contribution in [3.05, 3.63) is 34.3 Å². The lowest BCUT2D eigenvalue weighted by Crippen LogP contribution is -2.32. The van der Waals surface area contributed by atoms with Crippen molar-refractivity contribution in [2.24, 2.45) is 5.92 Å². The van der Waals surface area contributed by atoms with Gasteiger partial charge < -0.3 is 10.4 Å². The van der Waals surface area contributed by atoms with E-state index in [1.807, 2.05) is 19.1 Å². The number of aryl methyl sites for hydroxylation is 1. The number of hydrogen-bond acceptors (Lipinski definition) is 2. The maximum absolute atomic E-state index is 12.0. The second-order valence-electron chi connectivity index (χ2n) is 4.99. The lowest BCUT2D eigenvalue weighted by molar-refractivity contribution is 0.0916. The molecule has 1 amide bonds. The topological polar surface area (TPSA) is 49.3 Å². The van der Waals surface area contributed by atoms with Crippen molar-refractivity contribution in [2.45, 2.75) is 32.3 Å². The summed E-state index contributed by atoms with van der Waals surface area (Å²) in [5, 5.41) is 13.1. The third kappa shape index (κ3) is 3.24. The Labute approximate surface area is 112 Å². The zero-order valence-corrected chi connectivity index (χ0v) is 11.2. The molecular formula is C14H18ClNO2. The third-order valence-corrected chi connectivity index (χ3v) is 3.67. The minimum Gasteiger partial charge on any atom is -0.393 e. The quantitative estimate of drug-likeness (QED) is 0.884. The number of benzene rings is 1. The molecule has 2 rings (SSSR count). The summed E-state index contributed by atoms with van der Waals surface area (Å²) in [6.45, 7) is 2.44. The Hall–Kier alpha value is -1.06. The molecule has 0 aliphatic heterocycles. The molecule has 98 valence electrons. The third-order valence-electron chi connectivity index (χ3n) is 3.45. The number of amides is 1. The largest absolute Gasteiger partial charge is 0.393 e. The molecule has 1 aromatic rings. The van der Waals surface area contributed by atoms with Crippen LogP contribution in [0.3, 0.4) is 0 Å². The van der Waals surface area contributed by atoms with Crippen LogP contribution in [0.15, 0.2) is 18.2 Å². The molecule has 0 aromatic heterocycles. The predicted octanol–water partition coefficient (Wildman–Crippen LogP) is 2.54. The van der Waals surface area contributed by atoms with E-state index in [4.69, 9.17) is 11.6 Å². The average Bonchev–Trinajstić information content (AvgIpc) is 2.70. The molecule has 0 saturated heterocycles. The SMILES string of the molecule is Cc1cc(Cl)cc(C(=O)NCC2CCCC2O)c1. The molecule has 0 radical (unpaired) electrons. The first-order chi connectivity index (χ1) is 8.56. The van der Waals surface area contributed by atoms with Crippen molar-refractivity contribution in [1.82, 2.24) is 5.32 Å². The second-order valence-corrected chi connectivity index (χ2v) is 5.42. The molecule has 0 bridgehead atoms. The number of carbonyl (C=O) groups is 1. The molecule has 18 heavy (non-hydrogen) atoms. The molecule has 1 fully saturated rings. The van der Waals surface area contributed by atoms with Crippen LogP contribution < -0.4 is 5.32 Å². The summed E-state index contributed by atoms with van der Waals surface area (Å²) in [6.07, 6.45) is 2.59. The zero-order valence-electron chi connectivity index (χ0n) is 10.4. The molecule has 1 aliphatic rings. The summed E-state index contributed by atoms with van der Waals surface area (Å²) >= 11 is 5.92. The van der Waals surface area contributed by atoms with Gasteiger partial charge in [0.1, 0.15) is 0 Å². The van der Waals surface area contributed by atoms with Gasteiger partial charge in [-0.25, -0.2) is 0 Å². The van der Waals surface area contributed by atoms with Crippen LogP contribution in [0.1, 0.15) is 35.2 Å². The van der Waals surface area contributed by atoms with Gasteiger partial charge in [-0.05, 0) is 43.5 Å². The lowest BCUT2D eigenvalue weighted by Gasteiger charge is -2.15. The second kappa shape index (κ2) is 5.72. The monoisotopic (exact) mass is 267 g/mol. The van der Waals surface area contributed by atoms with Crippen molar-refractivity contribution >= 4 is 17.5 Å². The van der Waals surface area contributed by atoms with Gasteiger partial charge in [0, 0.05) is 23.0 Å².